The molecule has 2 aromatic carbocycles. The molecule has 7 heteroatoms. The van der Waals surface area contributed by atoms with E-state index >= 15 is 0 Å². The monoisotopic (exact) mass is 392 g/mol. The number of rotatable bonds is 8. The highest BCUT2D eigenvalue weighted by molar-refractivity contribution is 7.99. The number of ether oxygens (including phenoxy) is 1. The van der Waals surface area contributed by atoms with E-state index in [1.54, 1.807) is 24.3 Å². The molecule has 1 atom stereocenters. The molecule has 6 nitrogen and oxygen atoms in total. The Hall–Kier alpha value is -2.82. The Morgan fingerprint density at radius 2 is 1.89 bits per heavy atom. The van der Waals surface area contributed by atoms with Crippen molar-refractivity contribution in [2.75, 3.05) is 12.4 Å². The van der Waals surface area contributed by atoms with Gasteiger partial charge in [-0.3, -0.25) is 4.57 Å². The number of nitriles is 1. The zero-order chi connectivity index (χ0) is 19.3. The Labute approximate surface area is 167 Å². The minimum absolute atomic E-state index is 0.174. The average molecular weight is 392 g/mol. The van der Waals surface area contributed by atoms with Crippen molar-refractivity contribution in [1.82, 2.24) is 14.8 Å². The van der Waals surface area contributed by atoms with Crippen LogP contribution in [0.1, 0.15) is 30.1 Å². The van der Waals surface area contributed by atoms with Crippen LogP contribution >= 0.6 is 11.8 Å². The van der Waals surface area contributed by atoms with Gasteiger partial charge in [-0.15, -0.1) is 10.2 Å². The number of aliphatic hydroxyl groups is 1. The zero-order valence-electron chi connectivity index (χ0n) is 15.2. The number of benzene rings is 2. The van der Waals surface area contributed by atoms with Gasteiger partial charge >= 0.3 is 0 Å². The molecule has 1 aliphatic rings. The van der Waals surface area contributed by atoms with Crippen molar-refractivity contribution < 1.29 is 9.84 Å². The lowest BCUT2D eigenvalue weighted by Crippen LogP contribution is -2.20. The Morgan fingerprint density at radius 3 is 2.57 bits per heavy atom. The van der Waals surface area contributed by atoms with Gasteiger partial charge in [-0.1, -0.05) is 30.0 Å². The number of para-hydroxylation sites is 1. The number of aromatic nitrogens is 3. The SMILES string of the molecule is N#Cc1ccc(OCC(O)CSc2nnc(C3CC3)n2-c2ccccc2)cc1. The van der Waals surface area contributed by atoms with Crippen LogP contribution in [0.15, 0.2) is 59.8 Å². The van der Waals surface area contributed by atoms with Crippen molar-refractivity contribution in [3.8, 4) is 17.5 Å². The van der Waals surface area contributed by atoms with Gasteiger partial charge in [0.05, 0.1) is 17.7 Å². The Morgan fingerprint density at radius 1 is 1.14 bits per heavy atom. The fourth-order valence-corrected chi connectivity index (χ4v) is 3.70. The fourth-order valence-electron chi connectivity index (χ4n) is 2.84. The smallest absolute Gasteiger partial charge is 0.195 e. The number of aliphatic hydroxyl groups excluding tert-OH is 1. The standard InChI is InChI=1S/C21H20N4O2S/c22-12-15-6-10-19(11-7-15)27-13-18(26)14-28-21-24-23-20(16-8-9-16)25(21)17-4-2-1-3-5-17/h1-7,10-11,16,18,26H,8-9,13-14H2. The van der Waals surface area contributed by atoms with Crippen LogP contribution in [0, 0.1) is 11.3 Å². The van der Waals surface area contributed by atoms with Gasteiger partial charge in [-0.2, -0.15) is 5.26 Å². The van der Waals surface area contributed by atoms with E-state index in [9.17, 15) is 5.11 Å². The Balaban J connectivity index is 1.38. The second-order valence-electron chi connectivity index (χ2n) is 6.70. The molecule has 0 bridgehead atoms. The minimum atomic E-state index is -0.647. The third-order valence-electron chi connectivity index (χ3n) is 4.45. The van der Waals surface area contributed by atoms with Crippen LogP contribution in [-0.2, 0) is 0 Å². The van der Waals surface area contributed by atoms with Gasteiger partial charge in [0, 0.05) is 17.4 Å². The maximum atomic E-state index is 10.3. The number of hydrogen-bond acceptors (Lipinski definition) is 6. The van der Waals surface area contributed by atoms with Crippen molar-refractivity contribution >= 4 is 11.8 Å². The predicted octanol–water partition coefficient (Wildman–Crippen LogP) is 3.55. The van der Waals surface area contributed by atoms with Crippen molar-refractivity contribution in [2.24, 2.45) is 0 Å². The van der Waals surface area contributed by atoms with Gasteiger partial charge in [0.25, 0.3) is 0 Å². The molecule has 1 fully saturated rings. The van der Waals surface area contributed by atoms with Gasteiger partial charge in [-0.05, 0) is 49.2 Å². The molecule has 4 rings (SSSR count). The summed E-state index contributed by atoms with van der Waals surface area (Å²) in [5.74, 6) is 2.56. The molecule has 0 aliphatic heterocycles. The number of nitrogens with zero attached hydrogens (tertiary/aromatic N) is 4. The molecule has 1 heterocycles. The lowest BCUT2D eigenvalue weighted by molar-refractivity contribution is 0.126. The molecule has 142 valence electrons. The molecule has 0 spiro atoms. The highest BCUT2D eigenvalue weighted by atomic mass is 32.2. The summed E-state index contributed by atoms with van der Waals surface area (Å²) in [6.07, 6.45) is 1.65. The van der Waals surface area contributed by atoms with Gasteiger partial charge in [-0.25, -0.2) is 0 Å². The molecule has 0 saturated heterocycles. The summed E-state index contributed by atoms with van der Waals surface area (Å²) in [5.41, 5.74) is 1.62. The van der Waals surface area contributed by atoms with Crippen LogP contribution < -0.4 is 4.74 Å². The second-order valence-corrected chi connectivity index (χ2v) is 7.69. The first kappa shape index (κ1) is 18.5. The summed E-state index contributed by atoms with van der Waals surface area (Å²) in [5, 5.41) is 28.7. The molecule has 1 aromatic heterocycles. The summed E-state index contributed by atoms with van der Waals surface area (Å²) in [6.45, 7) is 0.174. The molecule has 1 unspecified atom stereocenters. The molecule has 1 aliphatic carbocycles. The van der Waals surface area contributed by atoms with E-state index in [1.165, 1.54) is 11.8 Å². The van der Waals surface area contributed by atoms with Crippen molar-refractivity contribution in [3.63, 3.8) is 0 Å². The summed E-state index contributed by atoms with van der Waals surface area (Å²) < 4.78 is 7.70. The summed E-state index contributed by atoms with van der Waals surface area (Å²) in [7, 11) is 0. The third-order valence-corrected chi connectivity index (χ3v) is 5.52. The quantitative estimate of drug-likeness (QED) is 0.590. The van der Waals surface area contributed by atoms with E-state index in [2.05, 4.69) is 20.8 Å². The lowest BCUT2D eigenvalue weighted by atomic mass is 10.2. The van der Waals surface area contributed by atoms with Crippen LogP contribution in [-0.4, -0.2) is 38.3 Å². The Bertz CT molecular complexity index is 962. The molecule has 0 amide bonds. The summed E-state index contributed by atoms with van der Waals surface area (Å²) in [6, 6.07) is 19.0. The van der Waals surface area contributed by atoms with Gasteiger partial charge in [0.2, 0.25) is 0 Å². The highest BCUT2D eigenvalue weighted by Gasteiger charge is 2.31. The van der Waals surface area contributed by atoms with Crippen LogP contribution in [0.25, 0.3) is 5.69 Å². The van der Waals surface area contributed by atoms with Crippen molar-refractivity contribution in [3.05, 3.63) is 66.0 Å². The first-order chi connectivity index (χ1) is 13.7. The topological polar surface area (TPSA) is 84.0 Å². The maximum Gasteiger partial charge on any atom is 0.195 e. The molecular weight excluding hydrogens is 372 g/mol. The molecule has 1 saturated carbocycles. The first-order valence-electron chi connectivity index (χ1n) is 9.19. The van der Waals surface area contributed by atoms with Gasteiger partial charge in [0.15, 0.2) is 5.16 Å². The van der Waals surface area contributed by atoms with E-state index < -0.39 is 6.10 Å². The normalized spacial score (nSPS) is 14.4. The third kappa shape index (κ3) is 4.35. The van der Waals surface area contributed by atoms with E-state index in [0.29, 0.717) is 23.0 Å². The lowest BCUT2D eigenvalue weighted by Gasteiger charge is -2.13. The number of thioether (sulfide) groups is 1. The fraction of sp³-hybridized carbons (Fsp3) is 0.286. The van der Waals surface area contributed by atoms with Crippen LogP contribution in [0.4, 0.5) is 0 Å². The molecule has 28 heavy (non-hydrogen) atoms. The number of hydrogen-bond donors (Lipinski definition) is 1. The van der Waals surface area contributed by atoms with Crippen LogP contribution in [0.5, 0.6) is 5.75 Å². The molecule has 0 radical (unpaired) electrons. The molecule has 1 N–H and O–H groups in total. The van der Waals surface area contributed by atoms with E-state index in [1.807, 2.05) is 30.3 Å². The van der Waals surface area contributed by atoms with E-state index in [-0.39, 0.29) is 6.61 Å². The van der Waals surface area contributed by atoms with Crippen molar-refractivity contribution in [1.29, 1.82) is 5.26 Å². The first-order valence-corrected chi connectivity index (χ1v) is 10.2. The second kappa shape index (κ2) is 8.46. The van der Waals surface area contributed by atoms with E-state index in [4.69, 9.17) is 10.00 Å². The van der Waals surface area contributed by atoms with Gasteiger partial charge < -0.3 is 9.84 Å². The molecule has 3 aromatic rings. The maximum absolute atomic E-state index is 10.3. The minimum Gasteiger partial charge on any atom is -0.491 e. The summed E-state index contributed by atoms with van der Waals surface area (Å²) in [4.78, 5) is 0. The Kier molecular flexibility index (Phi) is 5.60. The average Bonchev–Trinajstić information content (AvgIpc) is 3.51. The summed E-state index contributed by atoms with van der Waals surface area (Å²) >= 11 is 1.47. The van der Waals surface area contributed by atoms with Crippen molar-refractivity contribution in [2.45, 2.75) is 30.0 Å². The van der Waals surface area contributed by atoms with E-state index in [0.717, 1.165) is 29.5 Å². The zero-order valence-corrected chi connectivity index (χ0v) is 16.0. The predicted molar refractivity (Wildman–Crippen MR) is 107 cm³/mol. The highest BCUT2D eigenvalue weighted by Crippen LogP contribution is 2.41. The van der Waals surface area contributed by atoms with Crippen LogP contribution in [0.3, 0.4) is 0 Å². The largest absolute Gasteiger partial charge is 0.491 e. The van der Waals surface area contributed by atoms with Crippen LogP contribution in [0.2, 0.25) is 0 Å². The molecular formula is C21H20N4O2S. The van der Waals surface area contributed by atoms with Gasteiger partial charge in [0.1, 0.15) is 18.2 Å².